The molecule has 0 amide bonds. The Balaban J connectivity index is 1.34. The van der Waals surface area contributed by atoms with E-state index in [1.54, 1.807) is 24.7 Å². The Kier molecular flexibility index (Phi) is 6.86. The number of halogens is 2. The van der Waals surface area contributed by atoms with Gasteiger partial charge in [-0.25, -0.2) is 4.39 Å². The maximum atomic E-state index is 16.5. The number of rotatable bonds is 7. The molecular weight excluding hydrogens is 543 g/mol. The monoisotopic (exact) mass is 570 g/mol. The van der Waals surface area contributed by atoms with Crippen molar-refractivity contribution in [1.29, 1.82) is 0 Å². The SMILES string of the molecule is OCC(COc1nc(N2CC3CCC(C2)N3)c2cnc(-c3cccc4cccc(Cl)c34)c(F)c2n1)c1cccnc1. The summed E-state index contributed by atoms with van der Waals surface area (Å²) in [4.78, 5) is 20.2. The van der Waals surface area contributed by atoms with Gasteiger partial charge in [0.05, 0.1) is 12.0 Å². The Bertz CT molecular complexity index is 1720. The first kappa shape index (κ1) is 26.0. The zero-order valence-corrected chi connectivity index (χ0v) is 22.9. The van der Waals surface area contributed by atoms with Crippen molar-refractivity contribution in [2.75, 3.05) is 31.2 Å². The number of anilines is 1. The number of aliphatic hydroxyl groups excluding tert-OH is 1. The van der Waals surface area contributed by atoms with Crippen molar-refractivity contribution in [3.05, 3.63) is 83.5 Å². The van der Waals surface area contributed by atoms with Gasteiger partial charge in [-0.3, -0.25) is 9.97 Å². The summed E-state index contributed by atoms with van der Waals surface area (Å²) in [6.45, 7) is 1.47. The number of fused-ring (bicyclic) bond motifs is 4. The van der Waals surface area contributed by atoms with Gasteiger partial charge in [0.1, 0.15) is 23.6 Å². The molecule has 2 fully saturated rings. The first-order valence-corrected chi connectivity index (χ1v) is 14.1. The number of hydrogen-bond donors (Lipinski definition) is 2. The Morgan fingerprint density at radius 3 is 2.61 bits per heavy atom. The van der Waals surface area contributed by atoms with Gasteiger partial charge in [0.15, 0.2) is 5.82 Å². The number of ether oxygens (including phenoxy) is 1. The summed E-state index contributed by atoms with van der Waals surface area (Å²) in [5.74, 6) is -0.302. The van der Waals surface area contributed by atoms with Gasteiger partial charge < -0.3 is 20.1 Å². The van der Waals surface area contributed by atoms with E-state index in [9.17, 15) is 5.11 Å². The number of benzene rings is 2. The quantitative estimate of drug-likeness (QED) is 0.278. The smallest absolute Gasteiger partial charge is 0.319 e. The second-order valence-electron chi connectivity index (χ2n) is 10.7. The minimum absolute atomic E-state index is 0.0488. The molecule has 0 saturated carbocycles. The fraction of sp³-hybridized carbons (Fsp3) is 0.290. The fourth-order valence-electron chi connectivity index (χ4n) is 6.02. The van der Waals surface area contributed by atoms with Crippen molar-refractivity contribution < 1.29 is 14.2 Å². The maximum Gasteiger partial charge on any atom is 0.319 e. The number of hydrogen-bond acceptors (Lipinski definition) is 8. The molecule has 3 unspecified atom stereocenters. The highest BCUT2D eigenvalue weighted by Crippen LogP contribution is 2.38. The molecule has 41 heavy (non-hydrogen) atoms. The number of pyridine rings is 2. The van der Waals surface area contributed by atoms with E-state index in [-0.39, 0.29) is 36.4 Å². The number of piperazine rings is 1. The van der Waals surface area contributed by atoms with Gasteiger partial charge in [-0.1, -0.05) is 48.0 Å². The highest BCUT2D eigenvalue weighted by Gasteiger charge is 2.34. The van der Waals surface area contributed by atoms with Crippen molar-refractivity contribution in [2.45, 2.75) is 30.8 Å². The zero-order valence-electron chi connectivity index (χ0n) is 22.2. The molecule has 8 nitrogen and oxygen atoms in total. The van der Waals surface area contributed by atoms with Crippen molar-refractivity contribution in [3.63, 3.8) is 0 Å². The Labute approximate surface area is 241 Å². The standard InChI is InChI=1S/C31H28ClFN6O2/c32-25-8-2-5-18-4-1-7-23(26(18)25)28-27(33)29-24(13-35-28)30(39-14-21-9-10-22(15-39)36-21)38-31(37-29)41-17-20(16-40)19-6-3-11-34-12-19/h1-8,11-13,20-22,36,40H,9-10,14-17H2. The second kappa shape index (κ2) is 10.8. The molecule has 2 N–H and O–H groups in total. The summed E-state index contributed by atoms with van der Waals surface area (Å²) in [6.07, 6.45) is 7.21. The number of aliphatic hydroxyl groups is 1. The van der Waals surface area contributed by atoms with Crippen molar-refractivity contribution in [1.82, 2.24) is 25.3 Å². The molecular formula is C31H28ClFN6O2. The van der Waals surface area contributed by atoms with Crippen LogP contribution >= 0.6 is 11.6 Å². The van der Waals surface area contributed by atoms with Crippen LogP contribution in [-0.2, 0) is 0 Å². The van der Waals surface area contributed by atoms with Crippen LogP contribution in [0.15, 0.2) is 67.1 Å². The van der Waals surface area contributed by atoms with E-state index < -0.39 is 5.82 Å². The molecule has 5 heterocycles. The number of nitrogens with zero attached hydrogens (tertiary/aromatic N) is 5. The van der Waals surface area contributed by atoms with Gasteiger partial charge in [0, 0.05) is 65.7 Å². The van der Waals surface area contributed by atoms with Gasteiger partial charge in [-0.15, -0.1) is 0 Å². The lowest BCUT2D eigenvalue weighted by Crippen LogP contribution is -2.51. The summed E-state index contributed by atoms with van der Waals surface area (Å²) < 4.78 is 22.6. The van der Waals surface area contributed by atoms with Crippen LogP contribution in [0.25, 0.3) is 32.9 Å². The van der Waals surface area contributed by atoms with Gasteiger partial charge in [-0.05, 0) is 35.9 Å². The van der Waals surface area contributed by atoms with Crippen LogP contribution in [0.4, 0.5) is 10.2 Å². The molecule has 2 saturated heterocycles. The fourth-order valence-corrected chi connectivity index (χ4v) is 6.31. The van der Waals surface area contributed by atoms with Gasteiger partial charge in [0.25, 0.3) is 0 Å². The topological polar surface area (TPSA) is 96.3 Å². The summed E-state index contributed by atoms with van der Waals surface area (Å²) in [7, 11) is 0. The van der Waals surface area contributed by atoms with E-state index in [0.29, 0.717) is 33.9 Å². The minimum Gasteiger partial charge on any atom is -0.463 e. The van der Waals surface area contributed by atoms with Gasteiger partial charge in [-0.2, -0.15) is 9.97 Å². The van der Waals surface area contributed by atoms with Crippen molar-refractivity contribution in [2.24, 2.45) is 0 Å². The molecule has 3 atom stereocenters. The molecule has 0 radical (unpaired) electrons. The molecule has 0 spiro atoms. The van der Waals surface area contributed by atoms with Crippen LogP contribution in [0.3, 0.4) is 0 Å². The minimum atomic E-state index is -0.563. The highest BCUT2D eigenvalue weighted by molar-refractivity contribution is 6.36. The third-order valence-electron chi connectivity index (χ3n) is 8.06. The van der Waals surface area contributed by atoms with E-state index in [1.165, 1.54) is 0 Å². The number of nitrogens with one attached hydrogen (secondary N) is 1. The third-order valence-corrected chi connectivity index (χ3v) is 8.37. The van der Waals surface area contributed by atoms with E-state index >= 15 is 4.39 Å². The lowest BCUT2D eigenvalue weighted by atomic mass is 10.0. The molecule has 2 aromatic carbocycles. The average molecular weight is 571 g/mol. The van der Waals surface area contributed by atoms with Crippen molar-refractivity contribution >= 4 is 39.1 Å². The van der Waals surface area contributed by atoms with E-state index in [1.807, 2.05) is 42.5 Å². The predicted molar refractivity (Wildman–Crippen MR) is 157 cm³/mol. The van der Waals surface area contributed by atoms with Crippen LogP contribution in [0.5, 0.6) is 6.01 Å². The van der Waals surface area contributed by atoms with E-state index in [0.717, 1.165) is 42.3 Å². The molecule has 7 rings (SSSR count). The highest BCUT2D eigenvalue weighted by atomic mass is 35.5. The molecule has 208 valence electrons. The molecule has 10 heteroatoms. The lowest BCUT2D eigenvalue weighted by molar-refractivity contribution is 0.197. The first-order valence-electron chi connectivity index (χ1n) is 13.8. The van der Waals surface area contributed by atoms with Gasteiger partial charge >= 0.3 is 6.01 Å². The van der Waals surface area contributed by atoms with Crippen LogP contribution in [-0.4, -0.2) is 63.4 Å². The van der Waals surface area contributed by atoms with Crippen LogP contribution in [0, 0.1) is 5.82 Å². The third kappa shape index (κ3) is 4.84. The predicted octanol–water partition coefficient (Wildman–Crippen LogP) is 5.13. The van der Waals surface area contributed by atoms with Crippen LogP contribution < -0.4 is 15.0 Å². The molecule has 2 aliphatic rings. The largest absolute Gasteiger partial charge is 0.463 e. The summed E-state index contributed by atoms with van der Waals surface area (Å²) >= 11 is 6.57. The average Bonchev–Trinajstić information content (AvgIpc) is 3.35. The Morgan fingerprint density at radius 2 is 1.85 bits per heavy atom. The molecule has 5 aromatic rings. The summed E-state index contributed by atoms with van der Waals surface area (Å²) in [5, 5.41) is 16.3. The lowest BCUT2D eigenvalue weighted by Gasteiger charge is -2.34. The summed E-state index contributed by atoms with van der Waals surface area (Å²) in [5.41, 5.74) is 1.72. The van der Waals surface area contributed by atoms with Crippen LogP contribution in [0.1, 0.15) is 24.3 Å². The second-order valence-corrected chi connectivity index (χ2v) is 11.1. The van der Waals surface area contributed by atoms with Crippen molar-refractivity contribution in [3.8, 4) is 17.3 Å². The zero-order chi connectivity index (χ0) is 27.9. The Morgan fingerprint density at radius 1 is 1.05 bits per heavy atom. The van der Waals surface area contributed by atoms with Crippen LogP contribution in [0.2, 0.25) is 5.02 Å². The normalized spacial score (nSPS) is 19.1. The summed E-state index contributed by atoms with van der Waals surface area (Å²) in [6, 6.07) is 15.7. The molecule has 3 aromatic heterocycles. The maximum absolute atomic E-state index is 16.5. The molecule has 2 bridgehead atoms. The van der Waals surface area contributed by atoms with E-state index in [2.05, 4.69) is 25.2 Å². The van der Waals surface area contributed by atoms with Gasteiger partial charge in [0.2, 0.25) is 0 Å². The van der Waals surface area contributed by atoms with E-state index in [4.69, 9.17) is 21.3 Å². The molecule has 2 aliphatic heterocycles. The first-order chi connectivity index (χ1) is 20.1. The Hall–Kier alpha value is -3.92. The number of aromatic nitrogens is 4. The molecule has 0 aliphatic carbocycles.